The molecule has 202 valence electrons. The van der Waals surface area contributed by atoms with Gasteiger partial charge in [0, 0.05) is 37.7 Å². The van der Waals surface area contributed by atoms with Crippen LogP contribution in [0.1, 0.15) is 70.9 Å². The second-order valence-corrected chi connectivity index (χ2v) is 11.8. The van der Waals surface area contributed by atoms with Crippen LogP contribution < -0.4 is 0 Å². The minimum absolute atomic E-state index is 0.0841. The van der Waals surface area contributed by atoms with Crippen LogP contribution in [0.4, 0.5) is 0 Å². The summed E-state index contributed by atoms with van der Waals surface area (Å²) >= 11 is 1.71. The van der Waals surface area contributed by atoms with E-state index in [1.165, 1.54) is 0 Å². The van der Waals surface area contributed by atoms with Crippen molar-refractivity contribution in [1.29, 1.82) is 0 Å². The van der Waals surface area contributed by atoms with Gasteiger partial charge in [-0.3, -0.25) is 9.59 Å². The summed E-state index contributed by atoms with van der Waals surface area (Å²) in [5, 5.41) is 21.0. The van der Waals surface area contributed by atoms with Crippen LogP contribution in [0.15, 0.2) is 36.4 Å². The first kappa shape index (κ1) is 30.6. The Balaban J connectivity index is 1.78. The highest BCUT2D eigenvalue weighted by Gasteiger charge is 2.39. The molecule has 4 atom stereocenters. The van der Waals surface area contributed by atoms with E-state index in [1.807, 2.05) is 51.1 Å². The quantitative estimate of drug-likeness (QED) is 0.193. The summed E-state index contributed by atoms with van der Waals surface area (Å²) < 4.78 is 10.9. The Kier molecular flexibility index (Phi) is 13.2. The molecule has 0 heterocycles. The molecular weight excluding hydrogens is 476 g/mol. The molecule has 0 aromatic heterocycles. The Labute approximate surface area is 220 Å². The fraction of sp³-hybridized carbons (Fsp3) is 0.655. The predicted molar refractivity (Wildman–Crippen MR) is 145 cm³/mol. The molecule has 0 amide bonds. The molecule has 0 unspecified atom stereocenters. The Morgan fingerprint density at radius 3 is 2.72 bits per heavy atom. The monoisotopic (exact) mass is 520 g/mol. The van der Waals surface area contributed by atoms with Gasteiger partial charge in [-0.25, -0.2) is 0 Å². The van der Waals surface area contributed by atoms with E-state index in [0.29, 0.717) is 25.9 Å². The van der Waals surface area contributed by atoms with Crippen molar-refractivity contribution in [3.8, 4) is 0 Å². The Bertz CT molecular complexity index is 846. The Morgan fingerprint density at radius 1 is 1.25 bits per heavy atom. The Morgan fingerprint density at radius 2 is 2.00 bits per heavy atom. The number of thioether (sulfide) groups is 1. The zero-order chi connectivity index (χ0) is 26.6. The first-order chi connectivity index (χ1) is 17.1. The molecular formula is C29H44O6S. The highest BCUT2D eigenvalue weighted by atomic mass is 32.2. The summed E-state index contributed by atoms with van der Waals surface area (Å²) in [7, 11) is 0. The van der Waals surface area contributed by atoms with Gasteiger partial charge < -0.3 is 19.7 Å². The van der Waals surface area contributed by atoms with Crippen molar-refractivity contribution < 1.29 is 29.3 Å². The average Bonchev–Trinajstić information content (AvgIpc) is 3.06. The van der Waals surface area contributed by atoms with Crippen LogP contribution in [-0.4, -0.2) is 57.9 Å². The van der Waals surface area contributed by atoms with Gasteiger partial charge >= 0.3 is 5.97 Å². The smallest absolute Gasteiger partial charge is 0.306 e. The number of ketones is 1. The molecule has 0 bridgehead atoms. The summed E-state index contributed by atoms with van der Waals surface area (Å²) in [4.78, 5) is 24.3. The molecule has 1 fully saturated rings. The topological polar surface area (TPSA) is 93.1 Å². The number of rotatable bonds is 15. The van der Waals surface area contributed by atoms with E-state index >= 15 is 0 Å². The molecule has 0 saturated heterocycles. The van der Waals surface area contributed by atoms with E-state index in [0.717, 1.165) is 42.1 Å². The highest BCUT2D eigenvalue weighted by molar-refractivity contribution is 7.99. The normalized spacial score (nSPS) is 21.3. The van der Waals surface area contributed by atoms with Crippen molar-refractivity contribution >= 4 is 23.5 Å². The van der Waals surface area contributed by atoms with Gasteiger partial charge in [-0.2, -0.15) is 11.8 Å². The number of aliphatic hydroxyl groups excluding tert-OH is 2. The van der Waals surface area contributed by atoms with Crippen LogP contribution in [-0.2, 0) is 32.1 Å². The number of carbonyl (C=O) groups is 2. The second-order valence-electron chi connectivity index (χ2n) is 10.5. The number of esters is 1. The molecule has 2 N–H and O–H groups in total. The number of ether oxygens (including phenoxy) is 2. The van der Waals surface area contributed by atoms with E-state index in [2.05, 4.69) is 6.92 Å². The SMILES string of the molecule is CCCOCc1cccc(C[C@H](O)/C=C/[C@H]2[C@H](O)CC(=O)[C@@H]2CCSCCCC(=O)OC(C)(C)C)c1. The summed E-state index contributed by atoms with van der Waals surface area (Å²) in [5.74, 6) is 1.00. The lowest BCUT2D eigenvalue weighted by Gasteiger charge is -2.19. The van der Waals surface area contributed by atoms with Gasteiger partial charge in [0.2, 0.25) is 0 Å². The van der Waals surface area contributed by atoms with Gasteiger partial charge in [0.05, 0.1) is 18.8 Å². The molecule has 36 heavy (non-hydrogen) atoms. The van der Waals surface area contributed by atoms with Gasteiger partial charge in [0.1, 0.15) is 11.4 Å². The van der Waals surface area contributed by atoms with E-state index in [1.54, 1.807) is 17.8 Å². The summed E-state index contributed by atoms with van der Waals surface area (Å²) in [5.41, 5.74) is 1.64. The van der Waals surface area contributed by atoms with E-state index < -0.39 is 17.8 Å². The molecule has 1 aliphatic carbocycles. The van der Waals surface area contributed by atoms with Gasteiger partial charge in [-0.05, 0) is 62.7 Å². The van der Waals surface area contributed by atoms with E-state index in [-0.39, 0.29) is 30.0 Å². The summed E-state index contributed by atoms with van der Waals surface area (Å²) in [6, 6.07) is 8.01. The van der Waals surface area contributed by atoms with Crippen molar-refractivity contribution in [2.24, 2.45) is 11.8 Å². The predicted octanol–water partition coefficient (Wildman–Crippen LogP) is 4.88. The standard InChI is InChI=1S/C29H44O6S/c1-5-14-34-20-22-9-6-8-21(17-22)18-23(30)11-12-24-25(27(32)19-26(24)31)13-16-36-15-7-10-28(33)35-29(2,3)4/h6,8-9,11-12,17,23-26,30-31H,5,7,10,13-16,18-20H2,1-4H3/b12-11+/t23-,24-,25-,26-/m1/s1. The first-order valence-electron chi connectivity index (χ1n) is 13.1. The van der Waals surface area contributed by atoms with Crippen molar-refractivity contribution in [1.82, 2.24) is 0 Å². The third-order valence-electron chi connectivity index (χ3n) is 6.00. The molecule has 0 radical (unpaired) electrons. The number of carbonyl (C=O) groups excluding carboxylic acids is 2. The number of hydrogen-bond acceptors (Lipinski definition) is 7. The van der Waals surface area contributed by atoms with Crippen LogP contribution in [0.2, 0.25) is 0 Å². The number of Topliss-reactive ketones (excluding diaryl/α,β-unsaturated/α-hetero) is 1. The van der Waals surface area contributed by atoms with Crippen molar-refractivity contribution in [3.05, 3.63) is 47.5 Å². The van der Waals surface area contributed by atoms with E-state index in [4.69, 9.17) is 9.47 Å². The van der Waals surface area contributed by atoms with Crippen molar-refractivity contribution in [2.45, 2.75) is 90.6 Å². The number of benzene rings is 1. The van der Waals surface area contributed by atoms with Gasteiger partial charge in [0.15, 0.2) is 0 Å². The van der Waals surface area contributed by atoms with Crippen LogP contribution in [0.3, 0.4) is 0 Å². The molecule has 1 saturated carbocycles. The molecule has 0 spiro atoms. The van der Waals surface area contributed by atoms with Crippen LogP contribution in [0, 0.1) is 11.8 Å². The lowest BCUT2D eigenvalue weighted by atomic mass is 9.91. The average molecular weight is 521 g/mol. The van der Waals surface area contributed by atoms with Crippen LogP contribution in [0.5, 0.6) is 0 Å². The maximum Gasteiger partial charge on any atom is 0.306 e. The number of hydrogen-bond donors (Lipinski definition) is 2. The first-order valence-corrected chi connectivity index (χ1v) is 14.3. The molecule has 7 heteroatoms. The summed E-state index contributed by atoms with van der Waals surface area (Å²) in [6.45, 7) is 8.94. The number of aliphatic hydroxyl groups is 2. The molecule has 6 nitrogen and oxygen atoms in total. The highest BCUT2D eigenvalue weighted by Crippen LogP contribution is 2.34. The van der Waals surface area contributed by atoms with Gasteiger partial charge in [-0.1, -0.05) is 43.3 Å². The third kappa shape index (κ3) is 11.6. The van der Waals surface area contributed by atoms with Crippen LogP contribution >= 0.6 is 11.8 Å². The lowest BCUT2D eigenvalue weighted by molar-refractivity contribution is -0.154. The molecule has 1 aliphatic rings. The largest absolute Gasteiger partial charge is 0.460 e. The Hall–Kier alpha value is -1.67. The van der Waals surface area contributed by atoms with Crippen LogP contribution in [0.25, 0.3) is 0 Å². The maximum absolute atomic E-state index is 12.5. The fourth-order valence-corrected chi connectivity index (χ4v) is 5.34. The minimum Gasteiger partial charge on any atom is -0.460 e. The maximum atomic E-state index is 12.5. The molecule has 0 aliphatic heterocycles. The molecule has 1 aromatic carbocycles. The zero-order valence-corrected chi connectivity index (χ0v) is 23.1. The second kappa shape index (κ2) is 15.6. The summed E-state index contributed by atoms with van der Waals surface area (Å²) in [6.07, 6.45) is 5.56. The minimum atomic E-state index is -0.706. The van der Waals surface area contributed by atoms with Crippen molar-refractivity contribution in [3.63, 3.8) is 0 Å². The molecule has 1 aromatic rings. The van der Waals surface area contributed by atoms with Gasteiger partial charge in [-0.15, -0.1) is 0 Å². The fourth-order valence-electron chi connectivity index (χ4n) is 4.36. The molecule has 2 rings (SSSR count). The van der Waals surface area contributed by atoms with Gasteiger partial charge in [0.25, 0.3) is 0 Å². The lowest BCUT2D eigenvalue weighted by Crippen LogP contribution is -2.23. The van der Waals surface area contributed by atoms with E-state index in [9.17, 15) is 19.8 Å². The zero-order valence-electron chi connectivity index (χ0n) is 22.3. The third-order valence-corrected chi connectivity index (χ3v) is 7.11. The van der Waals surface area contributed by atoms with Crippen molar-refractivity contribution in [2.75, 3.05) is 18.1 Å².